The molecule has 0 aromatic heterocycles. The third-order valence-electron chi connectivity index (χ3n) is 3.05. The molecule has 0 radical (unpaired) electrons. The van der Waals surface area contributed by atoms with Crippen molar-refractivity contribution < 1.29 is 0 Å². The van der Waals surface area contributed by atoms with Gasteiger partial charge >= 0.3 is 0 Å². The van der Waals surface area contributed by atoms with Gasteiger partial charge in [0.05, 0.1) is 12.0 Å². The summed E-state index contributed by atoms with van der Waals surface area (Å²) < 4.78 is 0. The molecule has 90 valence electrons. The Labute approximate surface area is 104 Å². The topological polar surface area (TPSA) is 39.1 Å². The summed E-state index contributed by atoms with van der Waals surface area (Å²) in [5.41, 5.74) is 0. The van der Waals surface area contributed by atoms with Gasteiger partial charge in [-0.3, -0.25) is 0 Å². The molecule has 3 nitrogen and oxygen atoms in total. The van der Waals surface area contributed by atoms with Gasteiger partial charge in [0.2, 0.25) is 0 Å². The first-order valence-electron chi connectivity index (χ1n) is 6.04. The van der Waals surface area contributed by atoms with E-state index >= 15 is 0 Å². The number of nitrogens with one attached hydrogen (secondary N) is 1. The van der Waals surface area contributed by atoms with Gasteiger partial charge in [0.15, 0.2) is 5.11 Å². The summed E-state index contributed by atoms with van der Waals surface area (Å²) in [6.07, 6.45) is 6.41. The monoisotopic (exact) mass is 239 g/mol. The van der Waals surface area contributed by atoms with E-state index in [4.69, 9.17) is 17.5 Å². The normalized spacial score (nSPS) is 18.6. The SMILES string of the molecule is C[C@@H](C#N)CN(C)C(=S)NC1CCCCC1. The van der Waals surface area contributed by atoms with Crippen molar-refractivity contribution in [3.05, 3.63) is 0 Å². The second-order valence-corrected chi connectivity index (χ2v) is 5.08. The van der Waals surface area contributed by atoms with Gasteiger partial charge in [0, 0.05) is 19.6 Å². The lowest BCUT2D eigenvalue weighted by molar-refractivity contribution is 0.386. The molecule has 0 amide bonds. The predicted octanol–water partition coefficient (Wildman–Crippen LogP) is 2.29. The highest BCUT2D eigenvalue weighted by Crippen LogP contribution is 2.17. The molecule has 0 aromatic carbocycles. The van der Waals surface area contributed by atoms with E-state index in [1.165, 1.54) is 32.1 Å². The molecule has 1 saturated carbocycles. The average Bonchev–Trinajstić information content (AvgIpc) is 2.30. The van der Waals surface area contributed by atoms with Gasteiger partial charge in [-0.05, 0) is 32.0 Å². The van der Waals surface area contributed by atoms with E-state index in [-0.39, 0.29) is 5.92 Å². The Morgan fingerprint density at radius 2 is 2.12 bits per heavy atom. The van der Waals surface area contributed by atoms with Crippen molar-refractivity contribution in [3.63, 3.8) is 0 Å². The van der Waals surface area contributed by atoms with E-state index in [1.807, 2.05) is 18.9 Å². The summed E-state index contributed by atoms with van der Waals surface area (Å²) in [5.74, 6) is 0.0242. The molecule has 1 atom stereocenters. The summed E-state index contributed by atoms with van der Waals surface area (Å²) in [4.78, 5) is 1.97. The Balaban J connectivity index is 2.30. The number of nitriles is 1. The van der Waals surface area contributed by atoms with Gasteiger partial charge < -0.3 is 10.2 Å². The molecule has 0 unspecified atom stereocenters. The minimum absolute atomic E-state index is 0.0242. The van der Waals surface area contributed by atoms with Gasteiger partial charge in [-0.15, -0.1) is 0 Å². The van der Waals surface area contributed by atoms with E-state index < -0.39 is 0 Å². The predicted molar refractivity (Wildman–Crippen MR) is 70.0 cm³/mol. The van der Waals surface area contributed by atoms with Crippen LogP contribution in [-0.4, -0.2) is 29.6 Å². The maximum atomic E-state index is 8.75. The zero-order valence-electron chi connectivity index (χ0n) is 10.2. The molecule has 0 spiro atoms. The maximum absolute atomic E-state index is 8.75. The summed E-state index contributed by atoms with van der Waals surface area (Å²) >= 11 is 5.33. The fourth-order valence-corrected chi connectivity index (χ4v) is 2.31. The lowest BCUT2D eigenvalue weighted by Crippen LogP contribution is -2.44. The smallest absolute Gasteiger partial charge is 0.168 e. The standard InChI is InChI=1S/C12H21N3S/c1-10(8-13)9-15(2)12(16)14-11-6-4-3-5-7-11/h10-11H,3-7,9H2,1-2H3,(H,14,16)/t10-/m0/s1. The number of nitrogens with zero attached hydrogens (tertiary/aromatic N) is 2. The number of hydrogen-bond acceptors (Lipinski definition) is 2. The van der Waals surface area contributed by atoms with Crippen molar-refractivity contribution in [1.29, 1.82) is 5.26 Å². The van der Waals surface area contributed by atoms with E-state index in [9.17, 15) is 0 Å². The fraction of sp³-hybridized carbons (Fsp3) is 0.833. The van der Waals surface area contributed by atoms with Crippen LogP contribution in [0.2, 0.25) is 0 Å². The van der Waals surface area contributed by atoms with Crippen molar-refractivity contribution in [2.75, 3.05) is 13.6 Å². The molecule has 1 aliphatic carbocycles. The highest BCUT2D eigenvalue weighted by atomic mass is 32.1. The first-order chi connectivity index (χ1) is 7.63. The molecular weight excluding hydrogens is 218 g/mol. The lowest BCUT2D eigenvalue weighted by atomic mass is 9.96. The molecule has 0 saturated heterocycles. The van der Waals surface area contributed by atoms with Crippen LogP contribution in [0.4, 0.5) is 0 Å². The fourth-order valence-electron chi connectivity index (χ4n) is 2.07. The third kappa shape index (κ3) is 4.36. The number of hydrogen-bond donors (Lipinski definition) is 1. The van der Waals surface area contributed by atoms with Crippen LogP contribution in [-0.2, 0) is 0 Å². The molecular formula is C12H21N3S. The molecule has 1 fully saturated rings. The zero-order chi connectivity index (χ0) is 12.0. The first-order valence-corrected chi connectivity index (χ1v) is 6.45. The largest absolute Gasteiger partial charge is 0.360 e. The van der Waals surface area contributed by atoms with Crippen LogP contribution in [0.5, 0.6) is 0 Å². The second-order valence-electron chi connectivity index (χ2n) is 4.70. The van der Waals surface area contributed by atoms with Crippen molar-refractivity contribution in [3.8, 4) is 6.07 Å². The Kier molecular flexibility index (Phi) is 5.54. The molecule has 0 aliphatic heterocycles. The average molecular weight is 239 g/mol. The third-order valence-corrected chi connectivity index (χ3v) is 3.48. The second kappa shape index (κ2) is 6.70. The van der Waals surface area contributed by atoms with Crippen molar-refractivity contribution in [2.45, 2.75) is 45.1 Å². The highest BCUT2D eigenvalue weighted by molar-refractivity contribution is 7.80. The summed E-state index contributed by atoms with van der Waals surface area (Å²) in [7, 11) is 1.95. The molecule has 0 bridgehead atoms. The summed E-state index contributed by atoms with van der Waals surface area (Å²) in [6, 6.07) is 2.77. The van der Waals surface area contributed by atoms with Crippen molar-refractivity contribution in [1.82, 2.24) is 10.2 Å². The Morgan fingerprint density at radius 3 is 2.69 bits per heavy atom. The van der Waals surface area contributed by atoms with Crippen LogP contribution in [0.1, 0.15) is 39.0 Å². The highest BCUT2D eigenvalue weighted by Gasteiger charge is 2.16. The van der Waals surface area contributed by atoms with Gasteiger partial charge in [-0.1, -0.05) is 19.3 Å². The molecule has 0 aromatic rings. The van der Waals surface area contributed by atoms with Crippen molar-refractivity contribution in [2.24, 2.45) is 5.92 Å². The van der Waals surface area contributed by atoms with Gasteiger partial charge in [0.25, 0.3) is 0 Å². The number of rotatable bonds is 3. The zero-order valence-corrected chi connectivity index (χ0v) is 11.0. The minimum atomic E-state index is 0.0242. The van der Waals surface area contributed by atoms with Crippen LogP contribution >= 0.6 is 12.2 Å². The molecule has 1 N–H and O–H groups in total. The van der Waals surface area contributed by atoms with Crippen LogP contribution in [0.3, 0.4) is 0 Å². The Bertz CT molecular complexity index is 266. The minimum Gasteiger partial charge on any atom is -0.360 e. The Morgan fingerprint density at radius 1 is 1.50 bits per heavy atom. The van der Waals surface area contributed by atoms with Crippen LogP contribution in [0, 0.1) is 17.2 Å². The lowest BCUT2D eigenvalue weighted by Gasteiger charge is -2.28. The molecule has 1 rings (SSSR count). The van der Waals surface area contributed by atoms with E-state index in [0.29, 0.717) is 12.6 Å². The maximum Gasteiger partial charge on any atom is 0.168 e. The summed E-state index contributed by atoms with van der Waals surface area (Å²) in [6.45, 7) is 2.62. The van der Waals surface area contributed by atoms with Crippen LogP contribution < -0.4 is 5.32 Å². The van der Waals surface area contributed by atoms with Gasteiger partial charge in [0.1, 0.15) is 0 Å². The van der Waals surface area contributed by atoms with Crippen LogP contribution in [0.25, 0.3) is 0 Å². The van der Waals surface area contributed by atoms with E-state index in [1.54, 1.807) is 0 Å². The Hall–Kier alpha value is -0.820. The van der Waals surface area contributed by atoms with E-state index in [2.05, 4.69) is 11.4 Å². The summed E-state index contributed by atoms with van der Waals surface area (Å²) in [5, 5.41) is 12.9. The molecule has 1 aliphatic rings. The van der Waals surface area contributed by atoms with Gasteiger partial charge in [-0.25, -0.2) is 0 Å². The van der Waals surface area contributed by atoms with E-state index in [0.717, 1.165) is 5.11 Å². The molecule has 0 heterocycles. The first kappa shape index (κ1) is 13.2. The van der Waals surface area contributed by atoms with Crippen molar-refractivity contribution >= 4 is 17.3 Å². The number of thiocarbonyl (C=S) groups is 1. The quantitative estimate of drug-likeness (QED) is 0.767. The van der Waals surface area contributed by atoms with Crippen LogP contribution in [0.15, 0.2) is 0 Å². The van der Waals surface area contributed by atoms with Gasteiger partial charge in [-0.2, -0.15) is 5.26 Å². The molecule has 16 heavy (non-hydrogen) atoms. The molecule has 4 heteroatoms.